The molecular weight excluding hydrogens is 122 g/mol. The highest BCUT2D eigenvalue weighted by Crippen LogP contribution is 2.29. The normalized spacial score (nSPS) is 40.8. The maximum atomic E-state index is 3.53. The number of nitrogens with one attached hydrogen (secondary N) is 1. The van der Waals surface area contributed by atoms with Gasteiger partial charge in [0.15, 0.2) is 0 Å². The minimum absolute atomic E-state index is 1.03. The van der Waals surface area contributed by atoms with Crippen LogP contribution in [0, 0.1) is 11.8 Å². The Bertz CT molecular complexity index is 99.3. The molecule has 0 aromatic heterocycles. The predicted molar refractivity (Wildman–Crippen MR) is 42.9 cm³/mol. The lowest BCUT2D eigenvalue weighted by atomic mass is 9.90. The highest BCUT2D eigenvalue weighted by molar-refractivity contribution is 4.78. The van der Waals surface area contributed by atoms with Gasteiger partial charge in [0, 0.05) is 0 Å². The summed E-state index contributed by atoms with van der Waals surface area (Å²) in [6.07, 6.45) is 7.48. The molecule has 2 fully saturated rings. The molecule has 2 aliphatic rings. The van der Waals surface area contributed by atoms with Gasteiger partial charge in [0.05, 0.1) is 0 Å². The van der Waals surface area contributed by atoms with E-state index in [0.717, 1.165) is 11.8 Å². The Morgan fingerprint density at radius 3 is 2.10 bits per heavy atom. The zero-order chi connectivity index (χ0) is 6.81. The van der Waals surface area contributed by atoms with Gasteiger partial charge < -0.3 is 5.32 Å². The fourth-order valence-corrected chi connectivity index (χ4v) is 2.44. The third kappa shape index (κ3) is 1.34. The molecule has 1 heterocycles. The third-order valence-electron chi connectivity index (χ3n) is 3.01. The molecule has 10 heavy (non-hydrogen) atoms. The summed E-state index contributed by atoms with van der Waals surface area (Å²) in [5, 5.41) is 3.53. The summed E-state index contributed by atoms with van der Waals surface area (Å²) >= 11 is 0. The number of rotatable bonds is 0. The van der Waals surface area contributed by atoms with Crippen LogP contribution in [-0.2, 0) is 0 Å². The molecule has 0 amide bonds. The van der Waals surface area contributed by atoms with Crippen LogP contribution in [0.4, 0.5) is 0 Å². The van der Waals surface area contributed by atoms with E-state index in [9.17, 15) is 0 Å². The molecule has 1 N–H and O–H groups in total. The molecule has 2 unspecified atom stereocenters. The topological polar surface area (TPSA) is 12.0 Å². The van der Waals surface area contributed by atoms with Crippen LogP contribution < -0.4 is 5.32 Å². The molecule has 2 rings (SSSR count). The number of hydrogen-bond donors (Lipinski definition) is 1. The van der Waals surface area contributed by atoms with E-state index < -0.39 is 0 Å². The summed E-state index contributed by atoms with van der Waals surface area (Å²) < 4.78 is 0. The standard InChI is InChI=1S/C9H17N/c1-2-4-9-5-8(3-1)6-10-7-9/h8-10H,1-7H2. The van der Waals surface area contributed by atoms with Crippen molar-refractivity contribution in [3.63, 3.8) is 0 Å². The first-order valence-electron chi connectivity index (χ1n) is 4.66. The van der Waals surface area contributed by atoms with Crippen LogP contribution in [0.1, 0.15) is 32.1 Å². The predicted octanol–water partition coefficient (Wildman–Crippen LogP) is 1.79. The van der Waals surface area contributed by atoms with Gasteiger partial charge >= 0.3 is 0 Å². The van der Waals surface area contributed by atoms with Crippen molar-refractivity contribution in [2.45, 2.75) is 32.1 Å². The van der Waals surface area contributed by atoms with Gasteiger partial charge in [0.25, 0.3) is 0 Å². The van der Waals surface area contributed by atoms with Crippen molar-refractivity contribution in [1.29, 1.82) is 0 Å². The van der Waals surface area contributed by atoms with Crippen molar-refractivity contribution in [3.05, 3.63) is 0 Å². The molecule has 1 aliphatic heterocycles. The fraction of sp³-hybridized carbons (Fsp3) is 1.00. The van der Waals surface area contributed by atoms with Gasteiger partial charge in [-0.1, -0.05) is 12.8 Å². The minimum atomic E-state index is 1.03. The lowest BCUT2D eigenvalue weighted by Crippen LogP contribution is -2.34. The molecule has 1 nitrogen and oxygen atoms in total. The molecule has 0 aromatic rings. The SMILES string of the molecule is C1CCC2CNCC(C1)C2. The molecule has 1 aliphatic carbocycles. The van der Waals surface area contributed by atoms with Crippen LogP contribution in [-0.4, -0.2) is 13.1 Å². The first-order valence-corrected chi connectivity index (χ1v) is 4.66. The largest absolute Gasteiger partial charge is 0.316 e. The summed E-state index contributed by atoms with van der Waals surface area (Å²) in [4.78, 5) is 0. The molecule has 1 saturated heterocycles. The van der Waals surface area contributed by atoms with Crippen LogP contribution in [0.2, 0.25) is 0 Å². The lowest BCUT2D eigenvalue weighted by Gasteiger charge is -2.26. The van der Waals surface area contributed by atoms with E-state index in [0.29, 0.717) is 0 Å². The maximum absolute atomic E-state index is 3.53. The molecular formula is C9H17N. The van der Waals surface area contributed by atoms with Gasteiger partial charge in [-0.2, -0.15) is 0 Å². The van der Waals surface area contributed by atoms with Crippen LogP contribution in [0.3, 0.4) is 0 Å². The van der Waals surface area contributed by atoms with E-state index in [2.05, 4.69) is 5.32 Å². The third-order valence-corrected chi connectivity index (χ3v) is 3.01. The Labute approximate surface area is 63.2 Å². The quantitative estimate of drug-likeness (QED) is 0.539. The Balaban J connectivity index is 1.96. The summed E-state index contributed by atoms with van der Waals surface area (Å²) in [5.74, 6) is 2.06. The van der Waals surface area contributed by atoms with Crippen molar-refractivity contribution in [1.82, 2.24) is 5.32 Å². The fourth-order valence-electron chi connectivity index (χ4n) is 2.44. The number of fused-ring (bicyclic) bond motifs is 2. The zero-order valence-electron chi connectivity index (χ0n) is 6.60. The molecule has 1 saturated carbocycles. The summed E-state index contributed by atoms with van der Waals surface area (Å²) in [6, 6.07) is 0. The molecule has 0 aromatic carbocycles. The van der Waals surface area contributed by atoms with Crippen LogP contribution in [0.5, 0.6) is 0 Å². The molecule has 1 heteroatoms. The van der Waals surface area contributed by atoms with Crippen molar-refractivity contribution < 1.29 is 0 Å². The Kier molecular flexibility index (Phi) is 1.94. The van der Waals surface area contributed by atoms with E-state index in [-0.39, 0.29) is 0 Å². The highest BCUT2D eigenvalue weighted by Gasteiger charge is 2.23. The average molecular weight is 139 g/mol. The minimum Gasteiger partial charge on any atom is -0.316 e. The van der Waals surface area contributed by atoms with E-state index >= 15 is 0 Å². The molecule has 2 atom stereocenters. The van der Waals surface area contributed by atoms with Gasteiger partial charge in [-0.05, 0) is 44.2 Å². The first kappa shape index (κ1) is 6.66. The van der Waals surface area contributed by atoms with Crippen molar-refractivity contribution in [3.8, 4) is 0 Å². The maximum Gasteiger partial charge on any atom is -0.00203 e. The van der Waals surface area contributed by atoms with Crippen LogP contribution in [0.15, 0.2) is 0 Å². The van der Waals surface area contributed by atoms with Crippen molar-refractivity contribution >= 4 is 0 Å². The van der Waals surface area contributed by atoms with Crippen LogP contribution in [0.25, 0.3) is 0 Å². The highest BCUT2D eigenvalue weighted by atomic mass is 14.9. The smallest absolute Gasteiger partial charge is 0.00203 e. The van der Waals surface area contributed by atoms with Gasteiger partial charge in [0.1, 0.15) is 0 Å². The Morgan fingerprint density at radius 1 is 0.900 bits per heavy atom. The summed E-state index contributed by atoms with van der Waals surface area (Å²) in [5.41, 5.74) is 0. The van der Waals surface area contributed by atoms with E-state index in [1.807, 2.05) is 0 Å². The average Bonchev–Trinajstić information content (AvgIpc) is 2.12. The lowest BCUT2D eigenvalue weighted by molar-refractivity contribution is 0.291. The Morgan fingerprint density at radius 2 is 1.50 bits per heavy atom. The Hall–Kier alpha value is -0.0400. The second-order valence-electron chi connectivity index (χ2n) is 3.91. The molecule has 2 bridgehead atoms. The molecule has 58 valence electrons. The van der Waals surface area contributed by atoms with Gasteiger partial charge in [-0.25, -0.2) is 0 Å². The second-order valence-corrected chi connectivity index (χ2v) is 3.91. The second kappa shape index (κ2) is 2.91. The van der Waals surface area contributed by atoms with Gasteiger partial charge in [0.2, 0.25) is 0 Å². The first-order chi connectivity index (χ1) is 4.95. The number of hydrogen-bond acceptors (Lipinski definition) is 1. The molecule has 0 radical (unpaired) electrons. The van der Waals surface area contributed by atoms with Crippen molar-refractivity contribution in [2.75, 3.05) is 13.1 Å². The number of piperidine rings is 1. The van der Waals surface area contributed by atoms with Crippen LogP contribution >= 0.6 is 0 Å². The van der Waals surface area contributed by atoms with Crippen molar-refractivity contribution in [2.24, 2.45) is 11.8 Å². The van der Waals surface area contributed by atoms with E-state index in [1.165, 1.54) is 45.2 Å². The van der Waals surface area contributed by atoms with Gasteiger partial charge in [-0.15, -0.1) is 0 Å². The van der Waals surface area contributed by atoms with E-state index in [1.54, 1.807) is 0 Å². The zero-order valence-corrected chi connectivity index (χ0v) is 6.60. The molecule has 0 spiro atoms. The van der Waals surface area contributed by atoms with Gasteiger partial charge in [-0.3, -0.25) is 0 Å². The summed E-state index contributed by atoms with van der Waals surface area (Å²) in [7, 11) is 0. The summed E-state index contributed by atoms with van der Waals surface area (Å²) in [6.45, 7) is 2.60. The monoisotopic (exact) mass is 139 g/mol. The van der Waals surface area contributed by atoms with E-state index in [4.69, 9.17) is 0 Å².